The highest BCUT2D eigenvalue weighted by atomic mass is 31.2. The minimum absolute atomic E-state index is 0.0124. The first-order valence-electron chi connectivity index (χ1n) is 13.2. The summed E-state index contributed by atoms with van der Waals surface area (Å²) in [7, 11) is -9.87. The molecule has 242 valence electrons. The third-order valence-electron chi connectivity index (χ3n) is 7.32. The number of nitrogens with zero attached hydrogens (tertiary/aromatic N) is 7. The van der Waals surface area contributed by atoms with Gasteiger partial charge < -0.3 is 40.6 Å². The van der Waals surface area contributed by atoms with Gasteiger partial charge in [0.1, 0.15) is 42.1 Å². The van der Waals surface area contributed by atoms with Gasteiger partial charge in [-0.2, -0.15) is 0 Å². The van der Waals surface area contributed by atoms with E-state index in [0.29, 0.717) is 16.7 Å². The van der Waals surface area contributed by atoms with Gasteiger partial charge in [0.05, 0.1) is 25.6 Å². The first-order valence-corrected chi connectivity index (χ1v) is 16.2. The third kappa shape index (κ3) is 6.15. The van der Waals surface area contributed by atoms with Crippen molar-refractivity contribution in [2.24, 2.45) is 5.92 Å². The predicted molar refractivity (Wildman–Crippen MR) is 152 cm³/mol. The maximum absolute atomic E-state index is 13.2. The summed E-state index contributed by atoms with van der Waals surface area (Å²) in [4.78, 5) is 64.8. The smallest absolute Gasteiger partial charge is 0.382 e. The number of hydrogen-bond acceptors (Lipinski definition) is 15. The lowest BCUT2D eigenvalue weighted by atomic mass is 10.0. The first kappa shape index (κ1) is 31.4. The molecule has 3 unspecified atom stereocenters. The Labute approximate surface area is 252 Å². The van der Waals surface area contributed by atoms with Gasteiger partial charge in [0, 0.05) is 12.3 Å². The zero-order valence-electron chi connectivity index (χ0n) is 23.3. The lowest BCUT2D eigenvalue weighted by Crippen LogP contribution is -2.32. The van der Waals surface area contributed by atoms with Gasteiger partial charge in [0.15, 0.2) is 29.2 Å². The third-order valence-corrected chi connectivity index (χ3v) is 8.79. The Balaban J connectivity index is 1.17. The number of nitrogens with one attached hydrogen (secondary N) is 1. The van der Waals surface area contributed by atoms with Crippen LogP contribution >= 0.6 is 15.6 Å². The lowest BCUT2D eigenvalue weighted by molar-refractivity contribution is -0.0483. The Morgan fingerprint density at radius 1 is 1.04 bits per heavy atom. The maximum atomic E-state index is 13.2. The normalized spacial score (nSPS) is 27.1. The van der Waals surface area contributed by atoms with Crippen LogP contribution in [0.4, 0.5) is 11.6 Å². The zero-order chi connectivity index (χ0) is 32.3. The predicted octanol–water partition coefficient (Wildman–Crippen LogP) is 0.113. The second kappa shape index (κ2) is 11.6. The van der Waals surface area contributed by atoms with E-state index >= 15 is 0 Å². The average molecular weight is 670 g/mol. The minimum Gasteiger partial charge on any atom is -0.382 e. The summed E-state index contributed by atoms with van der Waals surface area (Å²) in [6.07, 6.45) is -1.21. The summed E-state index contributed by atoms with van der Waals surface area (Å²) >= 11 is 0. The van der Waals surface area contributed by atoms with Crippen molar-refractivity contribution in [2.45, 2.75) is 44.1 Å². The molecular formula is C22H28N10O11P2. The van der Waals surface area contributed by atoms with Crippen LogP contribution in [0.2, 0.25) is 0 Å². The SMILES string of the molecule is C=C1C[C@@H](COP(=O)(O)O[C@@H]2C(COP(=O)(O)O)O[C@@H](n3c(=O)[nH]c4c(N)ncnc43)C2C)O[C@H]1n1cnc2c(N)ncnc21. The number of nitrogens with two attached hydrogens (primary N) is 2. The molecule has 0 radical (unpaired) electrons. The average Bonchev–Trinajstić information content (AvgIpc) is 3.71. The molecule has 0 aromatic carbocycles. The summed E-state index contributed by atoms with van der Waals surface area (Å²) in [5.41, 5.74) is 12.6. The van der Waals surface area contributed by atoms with Crippen molar-refractivity contribution < 1.29 is 46.9 Å². The van der Waals surface area contributed by atoms with E-state index in [9.17, 15) is 28.6 Å². The van der Waals surface area contributed by atoms with Crippen molar-refractivity contribution >= 4 is 49.6 Å². The molecule has 4 aromatic heterocycles. The molecule has 8 N–H and O–H groups in total. The number of phosphoric acid groups is 2. The highest BCUT2D eigenvalue weighted by Gasteiger charge is 2.49. The maximum Gasteiger partial charge on any atom is 0.472 e. The Hall–Kier alpha value is -3.62. The van der Waals surface area contributed by atoms with Gasteiger partial charge in [0.2, 0.25) is 0 Å². The fraction of sp³-hybridized carbons (Fsp3) is 0.455. The fourth-order valence-electron chi connectivity index (χ4n) is 5.32. The van der Waals surface area contributed by atoms with E-state index in [0.717, 1.165) is 10.9 Å². The summed E-state index contributed by atoms with van der Waals surface area (Å²) in [5.74, 6) is -0.714. The molecule has 2 fully saturated rings. The lowest BCUT2D eigenvalue weighted by Gasteiger charge is -2.24. The van der Waals surface area contributed by atoms with Crippen LogP contribution in [0.15, 0.2) is 35.9 Å². The van der Waals surface area contributed by atoms with Crippen LogP contribution in [0.3, 0.4) is 0 Å². The standard InChI is InChI=1S/C22H28N10O11P2/c1-9-3-11(41-20(9)31-8-29-13-16(23)25-6-27-18(13)31)4-40-45(37,38)43-15-10(2)21(42-12(15)5-39-44(34,35)36)32-19-14(30-22(32)33)17(24)26-7-28-19/h6-8,10-12,15,20-21H,1,3-5H2,2H3,(H,30,33)(H,37,38)(H2,23,25,27)(H2,24,26,28)(H2,34,35,36)/t10?,11-,12?,15-,20+,21+/m0/s1. The molecule has 45 heavy (non-hydrogen) atoms. The topological polar surface area (TPSA) is 300 Å². The minimum atomic E-state index is -4.99. The van der Waals surface area contributed by atoms with Crippen molar-refractivity contribution in [1.29, 1.82) is 0 Å². The monoisotopic (exact) mass is 670 g/mol. The molecule has 0 spiro atoms. The number of rotatable bonds is 10. The van der Waals surface area contributed by atoms with Crippen molar-refractivity contribution in [1.82, 2.24) is 39.0 Å². The zero-order valence-corrected chi connectivity index (χ0v) is 25.1. The van der Waals surface area contributed by atoms with Crippen LogP contribution in [0.5, 0.6) is 0 Å². The van der Waals surface area contributed by atoms with Crippen molar-refractivity contribution in [3.05, 3.63) is 41.6 Å². The van der Waals surface area contributed by atoms with Gasteiger partial charge in [0.25, 0.3) is 0 Å². The van der Waals surface area contributed by atoms with Crippen LogP contribution in [-0.4, -0.2) is 85.2 Å². The molecule has 0 aliphatic carbocycles. The molecule has 2 saturated heterocycles. The number of aromatic nitrogens is 8. The summed E-state index contributed by atoms with van der Waals surface area (Å²) < 4.78 is 54.5. The second-order valence-electron chi connectivity index (χ2n) is 10.4. The molecule has 4 aromatic rings. The number of fused-ring (bicyclic) bond motifs is 2. The molecule has 2 aliphatic heterocycles. The van der Waals surface area contributed by atoms with E-state index < -0.39 is 71.2 Å². The van der Waals surface area contributed by atoms with Crippen molar-refractivity contribution in [2.75, 3.05) is 24.7 Å². The highest BCUT2D eigenvalue weighted by molar-refractivity contribution is 7.47. The van der Waals surface area contributed by atoms with Crippen LogP contribution in [-0.2, 0) is 32.2 Å². The number of hydrogen-bond donors (Lipinski definition) is 6. The molecule has 0 saturated carbocycles. The van der Waals surface area contributed by atoms with E-state index in [2.05, 4.69) is 41.0 Å². The molecule has 6 rings (SSSR count). The van der Waals surface area contributed by atoms with Crippen LogP contribution in [0.25, 0.3) is 22.3 Å². The first-order chi connectivity index (χ1) is 21.2. The van der Waals surface area contributed by atoms with Crippen LogP contribution < -0.4 is 17.2 Å². The number of phosphoric ester groups is 2. The van der Waals surface area contributed by atoms with Gasteiger partial charge in [-0.1, -0.05) is 13.5 Å². The number of imidazole rings is 2. The Kier molecular flexibility index (Phi) is 8.11. The molecule has 21 nitrogen and oxygen atoms in total. The molecule has 23 heteroatoms. The fourth-order valence-corrected chi connectivity index (χ4v) is 6.71. The number of aromatic amines is 1. The molecule has 2 aliphatic rings. The van der Waals surface area contributed by atoms with Gasteiger partial charge in [-0.05, 0) is 5.57 Å². The van der Waals surface area contributed by atoms with Crippen LogP contribution in [0.1, 0.15) is 25.8 Å². The molecule has 6 heterocycles. The highest BCUT2D eigenvalue weighted by Crippen LogP contribution is 2.51. The summed E-state index contributed by atoms with van der Waals surface area (Å²) in [5, 5.41) is 0. The quantitative estimate of drug-likeness (QED) is 0.0963. The van der Waals surface area contributed by atoms with Gasteiger partial charge in [-0.25, -0.2) is 43.4 Å². The number of nitrogen functional groups attached to an aromatic ring is 2. The Morgan fingerprint density at radius 2 is 1.76 bits per heavy atom. The second-order valence-corrected chi connectivity index (χ2v) is 13.0. The Morgan fingerprint density at radius 3 is 2.49 bits per heavy atom. The van der Waals surface area contributed by atoms with E-state index in [1.54, 1.807) is 4.57 Å². The van der Waals surface area contributed by atoms with Gasteiger partial charge >= 0.3 is 21.3 Å². The molecule has 0 amide bonds. The molecule has 0 bridgehead atoms. The van der Waals surface area contributed by atoms with E-state index in [-0.39, 0.29) is 29.2 Å². The van der Waals surface area contributed by atoms with Crippen molar-refractivity contribution in [3.8, 4) is 0 Å². The summed E-state index contributed by atoms with van der Waals surface area (Å²) in [6, 6.07) is 0. The molecule has 7 atom stereocenters. The van der Waals surface area contributed by atoms with E-state index in [1.807, 2.05) is 0 Å². The van der Waals surface area contributed by atoms with Gasteiger partial charge in [-0.15, -0.1) is 0 Å². The number of anilines is 2. The number of ether oxygens (including phenoxy) is 2. The van der Waals surface area contributed by atoms with Gasteiger partial charge in [-0.3, -0.25) is 18.1 Å². The summed E-state index contributed by atoms with van der Waals surface area (Å²) in [6.45, 7) is 4.39. The van der Waals surface area contributed by atoms with Crippen molar-refractivity contribution in [3.63, 3.8) is 0 Å². The largest absolute Gasteiger partial charge is 0.472 e. The van der Waals surface area contributed by atoms with Crippen LogP contribution in [0, 0.1) is 5.92 Å². The number of H-pyrrole nitrogens is 1. The van der Waals surface area contributed by atoms with E-state index in [4.69, 9.17) is 30.0 Å². The van der Waals surface area contributed by atoms with E-state index in [1.165, 1.54) is 19.6 Å². The molecular weight excluding hydrogens is 642 g/mol. The Bertz CT molecular complexity index is 1920.